The third-order valence-corrected chi connectivity index (χ3v) is 4.98. The molecule has 9 heteroatoms. The summed E-state index contributed by atoms with van der Waals surface area (Å²) in [5, 5.41) is 12.5. The number of benzene rings is 1. The summed E-state index contributed by atoms with van der Waals surface area (Å²) in [5.74, 6) is -0.187. The van der Waals surface area contributed by atoms with Gasteiger partial charge in [0.2, 0.25) is 0 Å². The van der Waals surface area contributed by atoms with Gasteiger partial charge in [-0.15, -0.1) is 5.10 Å². The molecule has 4 heterocycles. The lowest BCUT2D eigenvalue weighted by atomic mass is 9.93. The van der Waals surface area contributed by atoms with Gasteiger partial charge in [-0.1, -0.05) is 23.4 Å². The number of aromatic nitrogens is 7. The molecule has 5 rings (SSSR count). The van der Waals surface area contributed by atoms with Crippen molar-refractivity contribution >= 4 is 5.91 Å². The number of carbonyl (C=O) groups excluding carboxylic acids is 1. The maximum atomic E-state index is 13.1. The van der Waals surface area contributed by atoms with E-state index in [-0.39, 0.29) is 11.8 Å². The number of hydrogen-bond acceptors (Lipinski definition) is 5. The first-order valence-electron chi connectivity index (χ1n) is 8.97. The zero-order valence-corrected chi connectivity index (χ0v) is 15.2. The van der Waals surface area contributed by atoms with Crippen molar-refractivity contribution in [3.8, 4) is 5.69 Å². The molecule has 0 radical (unpaired) electrons. The summed E-state index contributed by atoms with van der Waals surface area (Å²) < 4.78 is 3.37. The fraction of sp³-hybridized carbons (Fsp3) is 0.211. The second-order valence-corrected chi connectivity index (χ2v) is 6.84. The van der Waals surface area contributed by atoms with Crippen LogP contribution in [-0.4, -0.2) is 52.1 Å². The largest absolute Gasteiger partial charge is 0.347 e. The Morgan fingerprint density at radius 1 is 1.21 bits per heavy atom. The molecular formula is C19H18N8O. The van der Waals surface area contributed by atoms with Crippen LogP contribution in [0.4, 0.5) is 0 Å². The number of carbonyl (C=O) groups is 1. The quantitative estimate of drug-likeness (QED) is 0.586. The second-order valence-electron chi connectivity index (χ2n) is 6.84. The summed E-state index contributed by atoms with van der Waals surface area (Å²) in [6.07, 6.45) is 7.12. The molecule has 0 saturated heterocycles. The minimum atomic E-state index is -0.156. The van der Waals surface area contributed by atoms with Crippen LogP contribution >= 0.6 is 0 Å². The molecule has 9 nitrogen and oxygen atoms in total. The highest BCUT2D eigenvalue weighted by Crippen LogP contribution is 2.31. The Morgan fingerprint density at radius 2 is 2.07 bits per heavy atom. The first-order valence-corrected chi connectivity index (χ1v) is 8.97. The Labute approximate surface area is 160 Å². The number of nitrogens with zero attached hydrogens (tertiary/aromatic N) is 7. The summed E-state index contributed by atoms with van der Waals surface area (Å²) in [7, 11) is 1.88. The van der Waals surface area contributed by atoms with Crippen LogP contribution in [0.25, 0.3) is 5.69 Å². The van der Waals surface area contributed by atoms with Crippen molar-refractivity contribution in [2.45, 2.75) is 12.5 Å². The van der Waals surface area contributed by atoms with Crippen LogP contribution < -0.4 is 0 Å². The molecule has 3 aromatic heterocycles. The molecule has 140 valence electrons. The minimum absolute atomic E-state index is 0.0307. The van der Waals surface area contributed by atoms with E-state index in [4.69, 9.17) is 0 Å². The molecule has 0 bridgehead atoms. The Bertz CT molecular complexity index is 1130. The smallest absolute Gasteiger partial charge is 0.276 e. The topological polar surface area (TPSA) is 97.5 Å². The van der Waals surface area contributed by atoms with Gasteiger partial charge in [0, 0.05) is 31.3 Å². The molecule has 28 heavy (non-hydrogen) atoms. The molecule has 0 aliphatic carbocycles. The fourth-order valence-electron chi connectivity index (χ4n) is 3.59. The number of hydrogen-bond donors (Lipinski definition) is 1. The van der Waals surface area contributed by atoms with Crippen molar-refractivity contribution in [2.75, 3.05) is 6.54 Å². The van der Waals surface area contributed by atoms with E-state index in [0.717, 1.165) is 22.6 Å². The zero-order valence-electron chi connectivity index (χ0n) is 15.2. The number of rotatable bonds is 3. The lowest BCUT2D eigenvalue weighted by Gasteiger charge is -2.31. The Hall–Kier alpha value is -3.75. The highest BCUT2D eigenvalue weighted by molar-refractivity contribution is 5.92. The summed E-state index contributed by atoms with van der Waals surface area (Å²) in [6, 6.07) is 9.60. The number of aromatic amines is 1. The third-order valence-electron chi connectivity index (χ3n) is 4.98. The number of amides is 1. The van der Waals surface area contributed by atoms with Gasteiger partial charge in [-0.3, -0.25) is 9.48 Å². The van der Waals surface area contributed by atoms with Gasteiger partial charge in [0.05, 0.1) is 42.3 Å². The average molecular weight is 374 g/mol. The molecule has 1 aliphatic rings. The van der Waals surface area contributed by atoms with Crippen molar-refractivity contribution in [3.05, 3.63) is 77.9 Å². The Morgan fingerprint density at radius 3 is 2.86 bits per heavy atom. The molecule has 1 amide bonds. The monoisotopic (exact) mass is 374 g/mol. The van der Waals surface area contributed by atoms with Crippen LogP contribution in [0.2, 0.25) is 0 Å². The first-order chi connectivity index (χ1) is 13.7. The van der Waals surface area contributed by atoms with E-state index < -0.39 is 0 Å². The molecule has 1 N–H and O–H groups in total. The van der Waals surface area contributed by atoms with E-state index in [0.29, 0.717) is 18.8 Å². The van der Waals surface area contributed by atoms with E-state index in [2.05, 4.69) is 25.4 Å². The van der Waals surface area contributed by atoms with Crippen LogP contribution in [0, 0.1) is 0 Å². The van der Waals surface area contributed by atoms with Crippen molar-refractivity contribution in [1.29, 1.82) is 0 Å². The highest BCUT2D eigenvalue weighted by atomic mass is 16.2. The van der Waals surface area contributed by atoms with Crippen LogP contribution in [0.1, 0.15) is 33.4 Å². The van der Waals surface area contributed by atoms with Gasteiger partial charge in [0.15, 0.2) is 5.69 Å². The number of imidazole rings is 1. The van der Waals surface area contributed by atoms with Crippen LogP contribution in [0.3, 0.4) is 0 Å². The van der Waals surface area contributed by atoms with Gasteiger partial charge in [-0.25, -0.2) is 9.67 Å². The zero-order chi connectivity index (χ0) is 19.1. The summed E-state index contributed by atoms with van der Waals surface area (Å²) in [6.45, 7) is 0.976. The molecule has 4 aromatic rings. The molecule has 1 atom stereocenters. The molecule has 1 unspecified atom stereocenters. The third kappa shape index (κ3) is 2.77. The summed E-state index contributed by atoms with van der Waals surface area (Å²) in [4.78, 5) is 22.5. The van der Waals surface area contributed by atoms with E-state index in [1.807, 2.05) is 49.8 Å². The normalized spacial score (nSPS) is 16.2. The van der Waals surface area contributed by atoms with E-state index in [1.54, 1.807) is 26.8 Å². The number of para-hydroxylation sites is 1. The van der Waals surface area contributed by atoms with Crippen LogP contribution in [-0.2, 0) is 13.6 Å². The SMILES string of the molecule is Cn1cc(C2CN(C(=O)c3cn(-c4ccccc4)nn3)Cc3[nH]cnc32)cn1. The van der Waals surface area contributed by atoms with Crippen molar-refractivity contribution in [2.24, 2.45) is 7.05 Å². The van der Waals surface area contributed by atoms with Crippen LogP contribution in [0.5, 0.6) is 0 Å². The van der Waals surface area contributed by atoms with Gasteiger partial charge in [-0.2, -0.15) is 5.10 Å². The predicted octanol–water partition coefficient (Wildman–Crippen LogP) is 1.51. The molecule has 0 saturated carbocycles. The second kappa shape index (κ2) is 6.45. The summed E-state index contributed by atoms with van der Waals surface area (Å²) in [5.41, 5.74) is 4.10. The van der Waals surface area contributed by atoms with Gasteiger partial charge in [-0.05, 0) is 12.1 Å². The Balaban J connectivity index is 1.44. The highest BCUT2D eigenvalue weighted by Gasteiger charge is 2.33. The number of H-pyrrole nitrogens is 1. The maximum absolute atomic E-state index is 13.1. The van der Waals surface area contributed by atoms with Crippen molar-refractivity contribution < 1.29 is 4.79 Å². The fourth-order valence-corrected chi connectivity index (χ4v) is 3.59. The standard InChI is InChI=1S/C19H18N8O/c1-25-8-13(7-22-25)15-9-26(10-16-18(15)21-12-20-16)19(28)17-11-27(24-23-17)14-5-3-2-4-6-14/h2-8,11-12,15H,9-10H2,1H3,(H,20,21). The van der Waals surface area contributed by atoms with E-state index in [1.165, 1.54) is 0 Å². The minimum Gasteiger partial charge on any atom is -0.347 e. The lowest BCUT2D eigenvalue weighted by Crippen LogP contribution is -2.38. The number of fused-ring (bicyclic) bond motifs is 1. The van der Waals surface area contributed by atoms with Gasteiger partial charge in [0.25, 0.3) is 5.91 Å². The number of aryl methyl sites for hydroxylation is 1. The Kier molecular flexibility index (Phi) is 3.78. The predicted molar refractivity (Wildman–Crippen MR) is 99.7 cm³/mol. The van der Waals surface area contributed by atoms with E-state index in [9.17, 15) is 4.79 Å². The number of nitrogens with one attached hydrogen (secondary N) is 1. The first kappa shape index (κ1) is 16.4. The molecule has 1 aromatic carbocycles. The molecule has 0 fully saturated rings. The lowest BCUT2D eigenvalue weighted by molar-refractivity contribution is 0.0715. The van der Waals surface area contributed by atoms with Gasteiger partial charge >= 0.3 is 0 Å². The van der Waals surface area contributed by atoms with Gasteiger partial charge < -0.3 is 9.88 Å². The molecule has 0 spiro atoms. The van der Waals surface area contributed by atoms with Gasteiger partial charge in [0.1, 0.15) is 0 Å². The van der Waals surface area contributed by atoms with E-state index >= 15 is 0 Å². The molecular weight excluding hydrogens is 356 g/mol. The average Bonchev–Trinajstić information content (AvgIpc) is 3.47. The van der Waals surface area contributed by atoms with Crippen LogP contribution in [0.15, 0.2) is 55.2 Å². The molecule has 1 aliphatic heterocycles. The van der Waals surface area contributed by atoms with Crippen molar-refractivity contribution in [1.82, 2.24) is 39.6 Å². The summed E-state index contributed by atoms with van der Waals surface area (Å²) >= 11 is 0. The maximum Gasteiger partial charge on any atom is 0.276 e. The van der Waals surface area contributed by atoms with Crippen molar-refractivity contribution in [3.63, 3.8) is 0 Å².